The van der Waals surface area contributed by atoms with Gasteiger partial charge in [-0.05, 0) is 37.6 Å². The third-order valence-corrected chi connectivity index (χ3v) is 4.00. The lowest BCUT2D eigenvalue weighted by molar-refractivity contribution is 0.478. The molecular weight excluding hydrogens is 300 g/mol. The monoisotopic (exact) mass is 320 g/mol. The van der Waals surface area contributed by atoms with Crippen LogP contribution in [0.2, 0.25) is 0 Å². The molecule has 0 aliphatic carbocycles. The number of para-hydroxylation sites is 2. The van der Waals surface area contributed by atoms with E-state index >= 15 is 0 Å². The Morgan fingerprint density at radius 3 is 2.46 bits per heavy atom. The largest absolute Gasteiger partial charge is 0.506 e. The second kappa shape index (κ2) is 6.71. The molecule has 4 nitrogen and oxygen atoms in total. The lowest BCUT2D eigenvalue weighted by Gasteiger charge is -2.15. The fourth-order valence-corrected chi connectivity index (χ4v) is 2.84. The van der Waals surface area contributed by atoms with E-state index in [1.165, 1.54) is 0 Å². The molecule has 0 atom stereocenters. The molecule has 0 saturated carbocycles. The Kier molecular flexibility index (Phi) is 4.47. The van der Waals surface area contributed by atoms with Crippen LogP contribution in [0, 0.1) is 0 Å². The van der Waals surface area contributed by atoms with Gasteiger partial charge in [0.15, 0.2) is 0 Å². The van der Waals surface area contributed by atoms with Crippen molar-refractivity contribution in [2.75, 3.05) is 6.54 Å². The molecule has 0 unspecified atom stereocenters. The fourth-order valence-electron chi connectivity index (χ4n) is 2.84. The number of nitrogens with zero attached hydrogens (tertiary/aromatic N) is 2. The zero-order chi connectivity index (χ0) is 17.1. The lowest BCUT2D eigenvalue weighted by Crippen LogP contribution is -2.25. The van der Waals surface area contributed by atoms with Crippen LogP contribution in [-0.4, -0.2) is 21.9 Å². The Labute approximate surface area is 140 Å². The molecule has 0 fully saturated rings. The molecule has 1 N–H and O–H groups in total. The molecule has 1 aromatic heterocycles. The molecule has 24 heavy (non-hydrogen) atoms. The van der Waals surface area contributed by atoms with Crippen molar-refractivity contribution in [2.45, 2.75) is 20.3 Å². The summed E-state index contributed by atoms with van der Waals surface area (Å²) in [4.78, 5) is 17.6. The first kappa shape index (κ1) is 16.0. The van der Waals surface area contributed by atoms with Gasteiger partial charge in [0, 0.05) is 23.3 Å². The number of pyridine rings is 1. The summed E-state index contributed by atoms with van der Waals surface area (Å²) in [5, 5.41) is 11.3. The molecule has 3 rings (SSSR count). The van der Waals surface area contributed by atoms with Gasteiger partial charge in [0.05, 0.1) is 5.52 Å². The van der Waals surface area contributed by atoms with Crippen LogP contribution < -0.4 is 5.56 Å². The smallest absolute Gasteiger partial charge is 0.268 e. The molecule has 0 spiro atoms. The second-order valence-corrected chi connectivity index (χ2v) is 5.68. The lowest BCUT2D eigenvalue weighted by atomic mass is 10.1. The van der Waals surface area contributed by atoms with E-state index in [4.69, 9.17) is 0 Å². The van der Waals surface area contributed by atoms with E-state index in [1.54, 1.807) is 11.5 Å². The van der Waals surface area contributed by atoms with E-state index in [2.05, 4.69) is 4.99 Å². The van der Waals surface area contributed by atoms with E-state index in [-0.39, 0.29) is 16.9 Å². The highest BCUT2D eigenvalue weighted by Crippen LogP contribution is 2.28. The molecule has 0 saturated heterocycles. The van der Waals surface area contributed by atoms with E-state index in [0.717, 1.165) is 12.1 Å². The van der Waals surface area contributed by atoms with Crippen LogP contribution in [0.4, 0.5) is 0 Å². The summed E-state index contributed by atoms with van der Waals surface area (Å²) >= 11 is 0. The normalized spacial score (nSPS) is 11.8. The van der Waals surface area contributed by atoms with Gasteiger partial charge >= 0.3 is 0 Å². The molecule has 3 aromatic rings. The molecule has 2 aromatic carbocycles. The third-order valence-electron chi connectivity index (χ3n) is 4.00. The quantitative estimate of drug-likeness (QED) is 0.741. The first-order valence-electron chi connectivity index (χ1n) is 8.08. The van der Waals surface area contributed by atoms with Crippen LogP contribution in [0.5, 0.6) is 5.75 Å². The van der Waals surface area contributed by atoms with Gasteiger partial charge in [-0.2, -0.15) is 0 Å². The summed E-state index contributed by atoms with van der Waals surface area (Å²) in [6.07, 6.45) is 0.887. The summed E-state index contributed by atoms with van der Waals surface area (Å²) in [5.74, 6) is 0.000124. The van der Waals surface area contributed by atoms with Crippen molar-refractivity contribution in [1.82, 2.24) is 4.57 Å². The van der Waals surface area contributed by atoms with Gasteiger partial charge in [-0.1, -0.05) is 37.3 Å². The van der Waals surface area contributed by atoms with Crippen LogP contribution in [0.1, 0.15) is 25.8 Å². The first-order chi connectivity index (χ1) is 11.6. The van der Waals surface area contributed by atoms with Gasteiger partial charge in [0.25, 0.3) is 5.56 Å². The predicted molar refractivity (Wildman–Crippen MR) is 98.6 cm³/mol. The van der Waals surface area contributed by atoms with Crippen LogP contribution in [-0.2, 0) is 0 Å². The van der Waals surface area contributed by atoms with Crippen molar-refractivity contribution in [3.63, 3.8) is 0 Å². The topological polar surface area (TPSA) is 54.6 Å². The molecule has 0 amide bonds. The average molecular weight is 320 g/mol. The van der Waals surface area contributed by atoms with Crippen molar-refractivity contribution in [2.24, 2.45) is 4.99 Å². The van der Waals surface area contributed by atoms with Crippen LogP contribution in [0.3, 0.4) is 0 Å². The molecule has 122 valence electrons. The maximum atomic E-state index is 13.1. The fraction of sp³-hybridized carbons (Fsp3) is 0.200. The Balaban J connectivity index is 2.41. The summed E-state index contributed by atoms with van der Waals surface area (Å²) in [6, 6.07) is 16.8. The minimum Gasteiger partial charge on any atom is -0.506 e. The van der Waals surface area contributed by atoms with Crippen molar-refractivity contribution < 1.29 is 5.11 Å². The third kappa shape index (κ3) is 2.71. The van der Waals surface area contributed by atoms with E-state index in [0.29, 0.717) is 23.2 Å². The number of benzene rings is 2. The van der Waals surface area contributed by atoms with Crippen molar-refractivity contribution in [3.05, 3.63) is 70.5 Å². The molecular formula is C20H20N2O2. The zero-order valence-corrected chi connectivity index (χ0v) is 13.9. The maximum Gasteiger partial charge on any atom is 0.268 e. The van der Waals surface area contributed by atoms with E-state index in [9.17, 15) is 9.90 Å². The molecule has 0 radical (unpaired) electrons. The number of aliphatic imine (C=N–C) groups is 1. The van der Waals surface area contributed by atoms with E-state index in [1.807, 2.05) is 61.5 Å². The van der Waals surface area contributed by atoms with Gasteiger partial charge in [0.1, 0.15) is 11.3 Å². The summed E-state index contributed by atoms with van der Waals surface area (Å²) in [7, 11) is 0. The van der Waals surface area contributed by atoms with Crippen LogP contribution in [0.25, 0.3) is 16.6 Å². The van der Waals surface area contributed by atoms with E-state index < -0.39 is 0 Å². The van der Waals surface area contributed by atoms with Gasteiger partial charge in [-0.15, -0.1) is 0 Å². The summed E-state index contributed by atoms with van der Waals surface area (Å²) in [5.41, 5.74) is 2.03. The number of aromatic hydroxyl groups is 1. The van der Waals surface area contributed by atoms with Crippen molar-refractivity contribution in [3.8, 4) is 11.4 Å². The van der Waals surface area contributed by atoms with Crippen molar-refractivity contribution in [1.29, 1.82) is 0 Å². The minimum atomic E-state index is -0.255. The number of hydrogen-bond acceptors (Lipinski definition) is 3. The highest BCUT2D eigenvalue weighted by molar-refractivity contribution is 6.05. The van der Waals surface area contributed by atoms with Gasteiger partial charge in [-0.25, -0.2) is 0 Å². The Morgan fingerprint density at radius 2 is 1.75 bits per heavy atom. The number of rotatable bonds is 4. The molecule has 0 bridgehead atoms. The first-order valence-corrected chi connectivity index (χ1v) is 8.08. The summed E-state index contributed by atoms with van der Waals surface area (Å²) in [6.45, 7) is 4.43. The molecule has 4 heteroatoms. The molecule has 1 heterocycles. The molecule has 0 aliphatic heterocycles. The van der Waals surface area contributed by atoms with Gasteiger partial charge in [0.2, 0.25) is 0 Å². The van der Waals surface area contributed by atoms with Gasteiger partial charge < -0.3 is 5.11 Å². The SMILES string of the molecule is CCCN=C(C)c1c(O)c2ccccc2n(-c2ccccc2)c1=O. The zero-order valence-electron chi connectivity index (χ0n) is 13.9. The van der Waals surface area contributed by atoms with Crippen molar-refractivity contribution >= 4 is 16.6 Å². The summed E-state index contributed by atoms with van der Waals surface area (Å²) < 4.78 is 1.63. The van der Waals surface area contributed by atoms with Crippen LogP contribution >= 0.6 is 0 Å². The Hall–Kier alpha value is -2.88. The number of aromatic nitrogens is 1. The highest BCUT2D eigenvalue weighted by atomic mass is 16.3. The Morgan fingerprint density at radius 1 is 1.08 bits per heavy atom. The second-order valence-electron chi connectivity index (χ2n) is 5.68. The van der Waals surface area contributed by atoms with Crippen LogP contribution in [0.15, 0.2) is 64.4 Å². The van der Waals surface area contributed by atoms with Gasteiger partial charge in [-0.3, -0.25) is 14.4 Å². The highest BCUT2D eigenvalue weighted by Gasteiger charge is 2.18. The molecule has 0 aliphatic rings. The Bertz CT molecular complexity index is 957. The number of hydrogen-bond donors (Lipinski definition) is 1. The number of fused-ring (bicyclic) bond motifs is 1. The standard InChI is InChI=1S/C20H20N2O2/c1-3-13-21-14(2)18-19(23)16-11-7-8-12-17(16)22(20(18)24)15-9-5-4-6-10-15/h4-12,23H,3,13H2,1-2H3. The average Bonchev–Trinajstić information content (AvgIpc) is 2.61. The predicted octanol–water partition coefficient (Wildman–Crippen LogP) is 3.92. The maximum absolute atomic E-state index is 13.1. The minimum absolute atomic E-state index is 0.000124.